The van der Waals surface area contributed by atoms with Crippen LogP contribution in [-0.2, 0) is 9.53 Å². The molecule has 0 radical (unpaired) electrons. The molecule has 0 atom stereocenters. The molecule has 1 heterocycles. The van der Waals surface area contributed by atoms with Crippen LogP contribution in [0.1, 0.15) is 10.4 Å². The van der Waals surface area contributed by atoms with Crippen LogP contribution in [0.25, 0.3) is 0 Å². The molecule has 3 rings (SSSR count). The smallest absolute Gasteiger partial charge is 0.342 e. The summed E-state index contributed by atoms with van der Waals surface area (Å²) in [7, 11) is 0. The Labute approximate surface area is 171 Å². The number of benzene rings is 2. The SMILES string of the molecule is O=C(OCC(=O)N1CCN(c2ccc([N+](=O)[O-])cc2)CC1)c1ccc(Cl)cc1O. The summed E-state index contributed by atoms with van der Waals surface area (Å²) in [5.41, 5.74) is 0.800. The van der Waals surface area contributed by atoms with Crippen molar-refractivity contribution < 1.29 is 24.4 Å². The van der Waals surface area contributed by atoms with Crippen LogP contribution < -0.4 is 4.90 Å². The van der Waals surface area contributed by atoms with Gasteiger partial charge >= 0.3 is 5.97 Å². The van der Waals surface area contributed by atoms with E-state index >= 15 is 0 Å². The van der Waals surface area contributed by atoms with Gasteiger partial charge in [0.05, 0.1) is 4.92 Å². The van der Waals surface area contributed by atoms with Crippen LogP contribution in [0.4, 0.5) is 11.4 Å². The van der Waals surface area contributed by atoms with E-state index in [0.29, 0.717) is 26.2 Å². The molecule has 29 heavy (non-hydrogen) atoms. The van der Waals surface area contributed by atoms with Crippen LogP contribution in [0.3, 0.4) is 0 Å². The summed E-state index contributed by atoms with van der Waals surface area (Å²) >= 11 is 5.72. The molecule has 0 bridgehead atoms. The first-order valence-corrected chi connectivity index (χ1v) is 9.16. The van der Waals surface area contributed by atoms with Gasteiger partial charge in [0.25, 0.3) is 11.6 Å². The Kier molecular flexibility index (Phi) is 6.18. The predicted molar refractivity (Wildman–Crippen MR) is 105 cm³/mol. The zero-order valence-electron chi connectivity index (χ0n) is 15.3. The molecule has 0 unspecified atom stereocenters. The van der Waals surface area contributed by atoms with E-state index in [1.807, 2.05) is 4.90 Å². The Morgan fingerprint density at radius 2 is 1.76 bits per heavy atom. The standard InChI is InChI=1S/C19H18ClN3O6/c20-13-1-6-16(17(24)11-13)19(26)29-12-18(25)22-9-7-21(8-10-22)14-2-4-15(5-3-14)23(27)28/h1-6,11,24H,7-10,12H2. The highest BCUT2D eigenvalue weighted by Crippen LogP contribution is 2.23. The number of carbonyl (C=O) groups excluding carboxylic acids is 2. The number of rotatable bonds is 5. The fraction of sp³-hybridized carbons (Fsp3) is 0.263. The number of aromatic hydroxyl groups is 1. The number of halogens is 1. The van der Waals surface area contributed by atoms with Crippen molar-refractivity contribution in [1.29, 1.82) is 0 Å². The maximum absolute atomic E-state index is 12.3. The van der Waals surface area contributed by atoms with E-state index in [-0.39, 0.29) is 27.9 Å². The number of nitro groups is 1. The largest absolute Gasteiger partial charge is 0.507 e. The number of nitro benzene ring substituents is 1. The third-order valence-electron chi connectivity index (χ3n) is 4.56. The second-order valence-corrected chi connectivity index (χ2v) is 6.82. The number of non-ortho nitro benzene ring substituents is 1. The molecule has 2 aromatic carbocycles. The fourth-order valence-corrected chi connectivity index (χ4v) is 3.14. The summed E-state index contributed by atoms with van der Waals surface area (Å²) in [5, 5.41) is 20.7. The summed E-state index contributed by atoms with van der Waals surface area (Å²) in [6, 6.07) is 10.2. The number of amides is 1. The lowest BCUT2D eigenvalue weighted by Gasteiger charge is -2.36. The van der Waals surface area contributed by atoms with E-state index in [1.165, 1.54) is 30.3 Å². The Bertz CT molecular complexity index is 926. The van der Waals surface area contributed by atoms with Crippen molar-refractivity contribution in [3.63, 3.8) is 0 Å². The van der Waals surface area contributed by atoms with Gasteiger partial charge in [0.15, 0.2) is 6.61 Å². The molecule has 9 nitrogen and oxygen atoms in total. The van der Waals surface area contributed by atoms with Crippen molar-refractivity contribution in [2.24, 2.45) is 0 Å². The average molecular weight is 420 g/mol. The molecular formula is C19H18ClN3O6. The van der Waals surface area contributed by atoms with E-state index in [4.69, 9.17) is 16.3 Å². The second-order valence-electron chi connectivity index (χ2n) is 6.38. The van der Waals surface area contributed by atoms with Crippen LogP contribution in [0, 0.1) is 10.1 Å². The van der Waals surface area contributed by atoms with Gasteiger partial charge in [0.1, 0.15) is 11.3 Å². The van der Waals surface area contributed by atoms with Gasteiger partial charge in [-0.1, -0.05) is 11.6 Å². The first-order valence-electron chi connectivity index (χ1n) is 8.78. The lowest BCUT2D eigenvalue weighted by molar-refractivity contribution is -0.384. The molecule has 152 valence electrons. The lowest BCUT2D eigenvalue weighted by Crippen LogP contribution is -2.49. The van der Waals surface area contributed by atoms with Crippen molar-refractivity contribution in [1.82, 2.24) is 4.90 Å². The van der Waals surface area contributed by atoms with Crippen molar-refractivity contribution in [2.75, 3.05) is 37.7 Å². The van der Waals surface area contributed by atoms with Crippen molar-refractivity contribution in [3.05, 3.63) is 63.2 Å². The number of phenols is 1. The number of esters is 1. The topological polar surface area (TPSA) is 113 Å². The number of hydrogen-bond acceptors (Lipinski definition) is 7. The molecule has 1 saturated heterocycles. The van der Waals surface area contributed by atoms with E-state index in [0.717, 1.165) is 5.69 Å². The number of ether oxygens (including phenoxy) is 1. The summed E-state index contributed by atoms with van der Waals surface area (Å²) in [5.74, 6) is -1.46. The number of phenolic OH excluding ortho intramolecular Hbond substituents is 1. The Morgan fingerprint density at radius 3 is 2.34 bits per heavy atom. The van der Waals surface area contributed by atoms with E-state index in [1.54, 1.807) is 17.0 Å². The lowest BCUT2D eigenvalue weighted by atomic mass is 10.2. The number of nitrogens with zero attached hydrogens (tertiary/aromatic N) is 3. The third kappa shape index (κ3) is 4.94. The molecule has 1 fully saturated rings. The van der Waals surface area contributed by atoms with Gasteiger partial charge in [0.2, 0.25) is 0 Å². The first kappa shape index (κ1) is 20.4. The van der Waals surface area contributed by atoms with Crippen molar-refractivity contribution in [2.45, 2.75) is 0 Å². The molecular weight excluding hydrogens is 402 g/mol. The molecule has 2 aromatic rings. The number of hydrogen-bond donors (Lipinski definition) is 1. The van der Waals surface area contributed by atoms with E-state index in [2.05, 4.69) is 0 Å². The van der Waals surface area contributed by atoms with Gasteiger partial charge in [-0.2, -0.15) is 0 Å². The minimum Gasteiger partial charge on any atom is -0.507 e. The molecule has 0 aliphatic carbocycles. The number of piperazine rings is 1. The van der Waals surface area contributed by atoms with Gasteiger partial charge < -0.3 is 19.6 Å². The zero-order valence-corrected chi connectivity index (χ0v) is 16.0. The molecule has 1 aliphatic heterocycles. The quantitative estimate of drug-likeness (QED) is 0.450. The normalized spacial score (nSPS) is 13.8. The highest BCUT2D eigenvalue weighted by Gasteiger charge is 2.23. The van der Waals surface area contributed by atoms with Crippen molar-refractivity contribution >= 4 is 34.9 Å². The van der Waals surface area contributed by atoms with Crippen LogP contribution >= 0.6 is 11.6 Å². The van der Waals surface area contributed by atoms with Crippen molar-refractivity contribution in [3.8, 4) is 5.75 Å². The number of carbonyl (C=O) groups is 2. The van der Waals surface area contributed by atoms with E-state index < -0.39 is 17.5 Å². The highest BCUT2D eigenvalue weighted by molar-refractivity contribution is 6.30. The molecule has 1 N–H and O–H groups in total. The molecule has 10 heteroatoms. The van der Waals surface area contributed by atoms with Gasteiger partial charge in [-0.25, -0.2) is 4.79 Å². The fourth-order valence-electron chi connectivity index (χ4n) is 2.97. The summed E-state index contributed by atoms with van der Waals surface area (Å²) < 4.78 is 5.00. The molecule has 1 amide bonds. The maximum atomic E-state index is 12.3. The monoisotopic (exact) mass is 419 g/mol. The second kappa shape index (κ2) is 8.78. The summed E-state index contributed by atoms with van der Waals surface area (Å²) in [6.45, 7) is 1.53. The zero-order chi connectivity index (χ0) is 21.0. The van der Waals surface area contributed by atoms with Crippen LogP contribution in [-0.4, -0.2) is 59.6 Å². The average Bonchev–Trinajstić information content (AvgIpc) is 2.72. The third-order valence-corrected chi connectivity index (χ3v) is 4.80. The van der Waals surface area contributed by atoms with Gasteiger partial charge in [-0.3, -0.25) is 14.9 Å². The maximum Gasteiger partial charge on any atom is 0.342 e. The van der Waals surface area contributed by atoms with Gasteiger partial charge in [-0.05, 0) is 30.3 Å². The summed E-state index contributed by atoms with van der Waals surface area (Å²) in [4.78, 5) is 38.2. The summed E-state index contributed by atoms with van der Waals surface area (Å²) in [6.07, 6.45) is 0. The van der Waals surface area contributed by atoms with Crippen LogP contribution in [0.2, 0.25) is 5.02 Å². The Morgan fingerprint density at radius 1 is 1.10 bits per heavy atom. The minimum atomic E-state index is -0.808. The molecule has 0 aromatic heterocycles. The van der Waals surface area contributed by atoms with Gasteiger partial charge in [0, 0.05) is 49.0 Å². The van der Waals surface area contributed by atoms with Gasteiger partial charge in [-0.15, -0.1) is 0 Å². The predicted octanol–water partition coefficient (Wildman–Crippen LogP) is 2.46. The molecule has 1 aliphatic rings. The minimum absolute atomic E-state index is 0.0242. The number of anilines is 1. The Hall–Kier alpha value is -3.33. The first-order chi connectivity index (χ1) is 13.8. The molecule has 0 saturated carbocycles. The van der Waals surface area contributed by atoms with Crippen LogP contribution in [0.5, 0.6) is 5.75 Å². The Balaban J connectivity index is 1.49. The van der Waals surface area contributed by atoms with Crippen LogP contribution in [0.15, 0.2) is 42.5 Å². The highest BCUT2D eigenvalue weighted by atomic mass is 35.5. The van der Waals surface area contributed by atoms with E-state index in [9.17, 15) is 24.8 Å². The molecule has 0 spiro atoms.